The average molecular weight is 419 g/mol. The van der Waals surface area contributed by atoms with Gasteiger partial charge < -0.3 is 4.74 Å². The Morgan fingerprint density at radius 3 is 2.43 bits per heavy atom. The van der Waals surface area contributed by atoms with E-state index < -0.39 is 0 Å². The Balaban J connectivity index is 1.45. The minimum absolute atomic E-state index is 0.254. The lowest BCUT2D eigenvalue weighted by molar-refractivity contribution is -0.123. The van der Waals surface area contributed by atoms with Gasteiger partial charge in [-0.2, -0.15) is 0 Å². The van der Waals surface area contributed by atoms with Crippen LogP contribution in [0.4, 0.5) is 9.18 Å². The van der Waals surface area contributed by atoms with Crippen LogP contribution in [0.2, 0.25) is 0 Å². The zero-order valence-corrected chi connectivity index (χ0v) is 16.8. The molecule has 1 aliphatic heterocycles. The van der Waals surface area contributed by atoms with Crippen molar-refractivity contribution in [3.63, 3.8) is 0 Å². The molecule has 30 heavy (non-hydrogen) atoms. The SMILES string of the molecule is O=C1SC(=Cc2cccc(OCc3ccc(F)cc3)c2)C(=O)N1Cc1ccccc1. The number of benzene rings is 3. The molecule has 0 aliphatic carbocycles. The predicted octanol–water partition coefficient (Wildman–Crippen LogP) is 5.64. The van der Waals surface area contributed by atoms with Crippen LogP contribution in [-0.2, 0) is 17.9 Å². The maximum absolute atomic E-state index is 13.0. The zero-order valence-electron chi connectivity index (χ0n) is 16.0. The first-order valence-electron chi connectivity index (χ1n) is 9.35. The first-order valence-corrected chi connectivity index (χ1v) is 10.2. The predicted molar refractivity (Wildman–Crippen MR) is 115 cm³/mol. The minimum Gasteiger partial charge on any atom is -0.489 e. The van der Waals surface area contributed by atoms with Gasteiger partial charge in [-0.15, -0.1) is 0 Å². The van der Waals surface area contributed by atoms with Crippen LogP contribution < -0.4 is 4.74 Å². The molecule has 3 aromatic carbocycles. The van der Waals surface area contributed by atoms with E-state index in [4.69, 9.17) is 4.74 Å². The Labute approximate surface area is 178 Å². The van der Waals surface area contributed by atoms with E-state index in [0.717, 1.165) is 28.5 Å². The lowest BCUT2D eigenvalue weighted by Crippen LogP contribution is -2.27. The minimum atomic E-state index is -0.300. The standard InChI is InChI=1S/C24H18FNO3S/c25-20-11-9-18(10-12-20)16-29-21-8-4-7-19(13-21)14-22-23(27)26(24(28)30-22)15-17-5-2-1-3-6-17/h1-14H,15-16H2. The third-order valence-electron chi connectivity index (χ3n) is 4.53. The molecular weight excluding hydrogens is 401 g/mol. The number of thioether (sulfide) groups is 1. The van der Waals surface area contributed by atoms with Crippen molar-refractivity contribution in [1.82, 2.24) is 4.90 Å². The van der Waals surface area contributed by atoms with Gasteiger partial charge in [-0.1, -0.05) is 54.6 Å². The number of hydrogen-bond donors (Lipinski definition) is 0. The molecule has 1 fully saturated rings. The Morgan fingerprint density at radius 2 is 1.67 bits per heavy atom. The zero-order chi connectivity index (χ0) is 20.9. The Bertz CT molecular complexity index is 1100. The van der Waals surface area contributed by atoms with E-state index in [1.54, 1.807) is 24.3 Å². The van der Waals surface area contributed by atoms with Crippen LogP contribution in [0, 0.1) is 5.82 Å². The fraction of sp³-hybridized carbons (Fsp3) is 0.0833. The summed E-state index contributed by atoms with van der Waals surface area (Å²) in [6, 6.07) is 22.8. The molecule has 0 aromatic heterocycles. The normalized spacial score (nSPS) is 15.1. The Morgan fingerprint density at radius 1 is 0.900 bits per heavy atom. The number of hydrogen-bond acceptors (Lipinski definition) is 4. The number of imide groups is 1. The highest BCUT2D eigenvalue weighted by atomic mass is 32.2. The molecule has 6 heteroatoms. The van der Waals surface area contributed by atoms with Crippen molar-refractivity contribution in [1.29, 1.82) is 0 Å². The van der Waals surface area contributed by atoms with Gasteiger partial charge in [0.15, 0.2) is 0 Å². The molecule has 0 saturated carbocycles. The summed E-state index contributed by atoms with van der Waals surface area (Å²) >= 11 is 0.936. The Hall–Kier alpha value is -3.38. The van der Waals surface area contributed by atoms with Crippen LogP contribution >= 0.6 is 11.8 Å². The highest BCUT2D eigenvalue weighted by Crippen LogP contribution is 2.33. The molecule has 150 valence electrons. The van der Waals surface area contributed by atoms with Crippen LogP contribution in [0.3, 0.4) is 0 Å². The van der Waals surface area contributed by atoms with Crippen LogP contribution in [0.5, 0.6) is 5.75 Å². The van der Waals surface area contributed by atoms with Gasteiger partial charge in [0.1, 0.15) is 18.2 Å². The summed E-state index contributed by atoms with van der Waals surface area (Å²) in [5.74, 6) is 0.0324. The molecule has 0 bridgehead atoms. The molecule has 0 spiro atoms. The second-order valence-electron chi connectivity index (χ2n) is 6.74. The van der Waals surface area contributed by atoms with E-state index >= 15 is 0 Å². The average Bonchev–Trinajstić information content (AvgIpc) is 3.02. The maximum atomic E-state index is 13.0. The topological polar surface area (TPSA) is 46.6 Å². The summed E-state index contributed by atoms with van der Waals surface area (Å²) in [5.41, 5.74) is 2.51. The summed E-state index contributed by atoms with van der Waals surface area (Å²) < 4.78 is 18.8. The molecule has 4 rings (SSSR count). The number of ether oxygens (including phenoxy) is 1. The van der Waals surface area contributed by atoms with Crippen LogP contribution in [0.15, 0.2) is 83.8 Å². The number of nitrogens with zero attached hydrogens (tertiary/aromatic N) is 1. The molecule has 1 aliphatic rings. The summed E-state index contributed by atoms with van der Waals surface area (Å²) in [6.45, 7) is 0.557. The van der Waals surface area contributed by atoms with Crippen molar-refractivity contribution in [3.8, 4) is 5.75 Å². The van der Waals surface area contributed by atoms with Crippen molar-refractivity contribution in [2.24, 2.45) is 0 Å². The molecule has 0 unspecified atom stereocenters. The summed E-state index contributed by atoms with van der Waals surface area (Å²) in [7, 11) is 0. The van der Waals surface area contributed by atoms with Gasteiger partial charge in [-0.3, -0.25) is 14.5 Å². The van der Waals surface area contributed by atoms with Gasteiger partial charge in [0.2, 0.25) is 0 Å². The fourth-order valence-corrected chi connectivity index (χ4v) is 3.83. The van der Waals surface area contributed by atoms with Crippen molar-refractivity contribution in [2.75, 3.05) is 0 Å². The summed E-state index contributed by atoms with van der Waals surface area (Å²) in [4.78, 5) is 26.6. The molecule has 3 aromatic rings. The first-order chi connectivity index (χ1) is 14.6. The number of halogens is 1. The second-order valence-corrected chi connectivity index (χ2v) is 7.73. The lowest BCUT2D eigenvalue weighted by Gasteiger charge is -2.12. The van der Waals surface area contributed by atoms with Crippen LogP contribution in [-0.4, -0.2) is 16.0 Å². The fourth-order valence-electron chi connectivity index (χ4n) is 3.00. The van der Waals surface area contributed by atoms with Gasteiger partial charge in [-0.25, -0.2) is 4.39 Å². The van der Waals surface area contributed by atoms with Crippen molar-refractivity contribution < 1.29 is 18.7 Å². The van der Waals surface area contributed by atoms with Crippen LogP contribution in [0.25, 0.3) is 6.08 Å². The van der Waals surface area contributed by atoms with Crippen LogP contribution in [0.1, 0.15) is 16.7 Å². The number of carbonyl (C=O) groups excluding carboxylic acids is 2. The van der Waals surface area contributed by atoms with Gasteiger partial charge in [0, 0.05) is 0 Å². The number of carbonyl (C=O) groups is 2. The van der Waals surface area contributed by atoms with E-state index in [0.29, 0.717) is 17.3 Å². The first kappa shape index (κ1) is 19.9. The van der Waals surface area contributed by atoms with Crippen molar-refractivity contribution in [2.45, 2.75) is 13.2 Å². The molecule has 0 N–H and O–H groups in total. The van der Waals surface area contributed by atoms with Crippen molar-refractivity contribution >= 4 is 29.0 Å². The molecule has 2 amide bonds. The van der Waals surface area contributed by atoms with E-state index in [1.807, 2.05) is 48.5 Å². The monoisotopic (exact) mass is 419 g/mol. The maximum Gasteiger partial charge on any atom is 0.293 e. The van der Waals surface area contributed by atoms with Gasteiger partial charge in [0.25, 0.3) is 11.1 Å². The second kappa shape index (κ2) is 8.97. The van der Waals surface area contributed by atoms with E-state index in [1.165, 1.54) is 17.0 Å². The molecule has 0 atom stereocenters. The molecular formula is C24H18FNO3S. The number of rotatable bonds is 6. The van der Waals surface area contributed by atoms with E-state index in [9.17, 15) is 14.0 Å². The van der Waals surface area contributed by atoms with Gasteiger partial charge in [0.05, 0.1) is 11.4 Å². The smallest absolute Gasteiger partial charge is 0.293 e. The highest BCUT2D eigenvalue weighted by Gasteiger charge is 2.34. The molecule has 1 saturated heterocycles. The third-order valence-corrected chi connectivity index (χ3v) is 5.44. The molecule has 0 radical (unpaired) electrons. The van der Waals surface area contributed by atoms with Gasteiger partial charge >= 0.3 is 0 Å². The molecule has 1 heterocycles. The van der Waals surface area contributed by atoms with Crippen molar-refractivity contribution in [3.05, 3.63) is 106 Å². The highest BCUT2D eigenvalue weighted by molar-refractivity contribution is 8.18. The summed E-state index contributed by atoms with van der Waals surface area (Å²) in [6.07, 6.45) is 1.70. The quantitative estimate of drug-likeness (QED) is 0.485. The van der Waals surface area contributed by atoms with E-state index in [-0.39, 0.29) is 23.5 Å². The largest absolute Gasteiger partial charge is 0.489 e. The van der Waals surface area contributed by atoms with Gasteiger partial charge in [-0.05, 0) is 58.8 Å². The Kier molecular flexibility index (Phi) is 5.95. The lowest BCUT2D eigenvalue weighted by atomic mass is 10.2. The number of amides is 2. The van der Waals surface area contributed by atoms with E-state index in [2.05, 4.69) is 0 Å². The summed E-state index contributed by atoms with van der Waals surface area (Å²) in [5, 5.41) is -0.279. The third kappa shape index (κ3) is 4.78. The molecule has 4 nitrogen and oxygen atoms in total.